The van der Waals surface area contributed by atoms with Crippen LogP contribution in [0.4, 0.5) is 9.59 Å². The Hall–Kier alpha value is -3.55. The maximum absolute atomic E-state index is 12.8. The predicted molar refractivity (Wildman–Crippen MR) is 96.3 cm³/mol. The molecule has 0 bridgehead atoms. The highest BCUT2D eigenvalue weighted by Crippen LogP contribution is 2.44. The van der Waals surface area contributed by atoms with Crippen molar-refractivity contribution in [2.45, 2.75) is 18.7 Å². The smallest absolute Gasteiger partial charge is 0.453 e. The van der Waals surface area contributed by atoms with Crippen LogP contribution in [0.1, 0.15) is 24.3 Å². The highest BCUT2D eigenvalue weighted by Gasteiger charge is 2.56. The Morgan fingerprint density at radius 1 is 1.00 bits per heavy atom. The molecule has 0 unspecified atom stereocenters. The fourth-order valence-corrected chi connectivity index (χ4v) is 3.06. The number of carbonyl (C=O) groups is 3. The monoisotopic (exact) mass is 385 g/mol. The molecule has 1 heterocycles. The van der Waals surface area contributed by atoms with Crippen LogP contribution >= 0.6 is 0 Å². The van der Waals surface area contributed by atoms with E-state index in [2.05, 4.69) is 4.74 Å². The van der Waals surface area contributed by atoms with Crippen molar-refractivity contribution in [3.63, 3.8) is 0 Å². The highest BCUT2D eigenvalue weighted by atomic mass is 16.7. The molecule has 0 aliphatic carbocycles. The molecule has 0 saturated carbocycles. The maximum atomic E-state index is 12.8. The normalized spacial score (nSPS) is 21.0. The van der Waals surface area contributed by atoms with E-state index in [0.717, 1.165) is 0 Å². The third kappa shape index (κ3) is 3.24. The zero-order valence-corrected chi connectivity index (χ0v) is 15.6. The van der Waals surface area contributed by atoms with Crippen LogP contribution in [0.15, 0.2) is 54.6 Å². The molecule has 8 heteroatoms. The van der Waals surface area contributed by atoms with E-state index in [1.165, 1.54) is 31.3 Å². The van der Waals surface area contributed by atoms with E-state index in [9.17, 15) is 14.4 Å². The second kappa shape index (κ2) is 7.59. The summed E-state index contributed by atoms with van der Waals surface area (Å²) in [7, 11) is 2.44. The molecule has 1 saturated heterocycles. The van der Waals surface area contributed by atoms with Gasteiger partial charge in [-0.3, -0.25) is 0 Å². The van der Waals surface area contributed by atoms with Crippen molar-refractivity contribution >= 4 is 18.2 Å². The lowest BCUT2D eigenvalue weighted by Crippen LogP contribution is -2.47. The number of rotatable bonds is 3. The number of methoxy groups -OCH3 is 2. The second-order valence-electron chi connectivity index (χ2n) is 6.16. The number of hydrogen-bond donors (Lipinski definition) is 0. The van der Waals surface area contributed by atoms with Crippen LogP contribution in [0.3, 0.4) is 0 Å². The highest BCUT2D eigenvalue weighted by molar-refractivity contribution is 5.90. The fraction of sp³-hybridized carbons (Fsp3) is 0.250. The van der Waals surface area contributed by atoms with Crippen LogP contribution < -0.4 is 4.74 Å². The van der Waals surface area contributed by atoms with Gasteiger partial charge in [-0.2, -0.15) is 0 Å². The van der Waals surface area contributed by atoms with Gasteiger partial charge < -0.3 is 18.9 Å². The van der Waals surface area contributed by atoms with Gasteiger partial charge in [0.1, 0.15) is 5.75 Å². The van der Waals surface area contributed by atoms with Crippen molar-refractivity contribution < 1.29 is 33.3 Å². The Labute approximate surface area is 161 Å². The lowest BCUT2D eigenvalue weighted by atomic mass is 9.90. The van der Waals surface area contributed by atoms with Crippen molar-refractivity contribution in [1.82, 2.24) is 4.90 Å². The van der Waals surface area contributed by atoms with Gasteiger partial charge in [-0.1, -0.05) is 42.5 Å². The van der Waals surface area contributed by atoms with E-state index in [0.29, 0.717) is 11.1 Å². The Morgan fingerprint density at radius 2 is 1.64 bits per heavy atom. The number of nitrogens with zero attached hydrogens (tertiary/aromatic N) is 1. The second-order valence-corrected chi connectivity index (χ2v) is 6.16. The van der Waals surface area contributed by atoms with Crippen LogP contribution in [0.25, 0.3) is 0 Å². The number of hydrogen-bond acceptors (Lipinski definition) is 7. The molecule has 1 amide bonds. The van der Waals surface area contributed by atoms with E-state index < -0.39 is 30.0 Å². The first-order valence-electron chi connectivity index (χ1n) is 8.41. The number of benzene rings is 2. The maximum Gasteiger partial charge on any atom is 0.513 e. The van der Waals surface area contributed by atoms with Crippen molar-refractivity contribution in [2.75, 3.05) is 14.2 Å². The van der Waals surface area contributed by atoms with Gasteiger partial charge in [0, 0.05) is 5.56 Å². The lowest BCUT2D eigenvalue weighted by Gasteiger charge is -2.32. The molecule has 2 atom stereocenters. The molecular weight excluding hydrogens is 366 g/mol. The predicted octanol–water partition coefficient (Wildman–Crippen LogP) is 3.37. The van der Waals surface area contributed by atoms with Gasteiger partial charge in [-0.05, 0) is 24.6 Å². The summed E-state index contributed by atoms with van der Waals surface area (Å²) in [5.74, 6) is -0.372. The van der Waals surface area contributed by atoms with E-state index in [1.54, 1.807) is 43.3 Å². The molecule has 8 nitrogen and oxygen atoms in total. The van der Waals surface area contributed by atoms with Gasteiger partial charge in [-0.15, -0.1) is 0 Å². The standard InChI is InChI=1S/C20H19NO7/c1-20(14-9-11-15(12-10-14)27-19(24)26-3)17(22)28-16(21(20)18(23)25-2)13-7-5-4-6-8-13/h4-12,16H,1-3H3/t16-,20-/m1/s1. The van der Waals surface area contributed by atoms with Gasteiger partial charge in [0.25, 0.3) is 0 Å². The number of esters is 1. The summed E-state index contributed by atoms with van der Waals surface area (Å²) in [5, 5.41) is 0. The van der Waals surface area contributed by atoms with Crippen LogP contribution in [0.5, 0.6) is 5.75 Å². The SMILES string of the molecule is COC(=O)Oc1ccc([C@]2(C)C(=O)O[C@H](c3ccccc3)N2C(=O)OC)cc1. The Morgan fingerprint density at radius 3 is 2.21 bits per heavy atom. The van der Waals surface area contributed by atoms with E-state index in [-0.39, 0.29) is 5.75 Å². The summed E-state index contributed by atoms with van der Waals surface area (Å²) in [5.41, 5.74) is -0.327. The summed E-state index contributed by atoms with van der Waals surface area (Å²) in [6.45, 7) is 1.57. The molecule has 1 aliphatic heterocycles. The topological polar surface area (TPSA) is 91.4 Å². The molecule has 28 heavy (non-hydrogen) atoms. The summed E-state index contributed by atoms with van der Waals surface area (Å²) in [6, 6.07) is 15.0. The molecule has 0 spiro atoms. The number of amides is 1. The van der Waals surface area contributed by atoms with Gasteiger partial charge in [0.2, 0.25) is 6.23 Å². The molecule has 0 aromatic heterocycles. The summed E-state index contributed by atoms with van der Waals surface area (Å²) in [6.07, 6.45) is -2.51. The van der Waals surface area contributed by atoms with Gasteiger partial charge in [-0.25, -0.2) is 19.3 Å². The first kappa shape index (κ1) is 19.2. The third-order valence-electron chi connectivity index (χ3n) is 4.57. The van der Waals surface area contributed by atoms with E-state index in [4.69, 9.17) is 14.2 Å². The van der Waals surface area contributed by atoms with Crippen molar-refractivity contribution in [2.24, 2.45) is 0 Å². The number of carbonyl (C=O) groups excluding carboxylic acids is 3. The molecular formula is C20H19NO7. The third-order valence-corrected chi connectivity index (χ3v) is 4.57. The lowest BCUT2D eigenvalue weighted by molar-refractivity contribution is -0.145. The molecule has 0 N–H and O–H groups in total. The van der Waals surface area contributed by atoms with Crippen molar-refractivity contribution in [3.8, 4) is 5.75 Å². The zero-order chi connectivity index (χ0) is 20.3. The summed E-state index contributed by atoms with van der Waals surface area (Å²) >= 11 is 0. The van der Waals surface area contributed by atoms with Crippen LogP contribution in [-0.4, -0.2) is 37.3 Å². The molecule has 1 fully saturated rings. The molecule has 2 aromatic carbocycles. The minimum Gasteiger partial charge on any atom is -0.453 e. The minimum absolute atomic E-state index is 0.231. The Bertz CT molecular complexity index is 881. The van der Waals surface area contributed by atoms with Gasteiger partial charge >= 0.3 is 18.2 Å². The molecule has 2 aromatic rings. The minimum atomic E-state index is -1.43. The Balaban J connectivity index is 2.00. The Kier molecular flexibility index (Phi) is 5.21. The van der Waals surface area contributed by atoms with Crippen LogP contribution in [0.2, 0.25) is 0 Å². The zero-order valence-electron chi connectivity index (χ0n) is 15.6. The van der Waals surface area contributed by atoms with E-state index in [1.807, 2.05) is 6.07 Å². The number of ether oxygens (including phenoxy) is 4. The molecule has 146 valence electrons. The molecule has 1 aliphatic rings. The molecule has 0 radical (unpaired) electrons. The van der Waals surface area contributed by atoms with Crippen molar-refractivity contribution in [1.29, 1.82) is 0 Å². The van der Waals surface area contributed by atoms with Crippen molar-refractivity contribution in [3.05, 3.63) is 65.7 Å². The average molecular weight is 385 g/mol. The van der Waals surface area contributed by atoms with Gasteiger partial charge in [0.15, 0.2) is 5.54 Å². The first-order chi connectivity index (χ1) is 13.4. The summed E-state index contributed by atoms with van der Waals surface area (Å²) < 4.78 is 19.8. The quantitative estimate of drug-likeness (QED) is 0.454. The first-order valence-corrected chi connectivity index (χ1v) is 8.41. The largest absolute Gasteiger partial charge is 0.513 e. The van der Waals surface area contributed by atoms with Crippen LogP contribution in [0, 0.1) is 0 Å². The van der Waals surface area contributed by atoms with E-state index >= 15 is 0 Å². The fourth-order valence-electron chi connectivity index (χ4n) is 3.06. The van der Waals surface area contributed by atoms with Gasteiger partial charge in [0.05, 0.1) is 14.2 Å². The molecule has 3 rings (SSSR count). The number of cyclic esters (lactones) is 1. The average Bonchev–Trinajstić information content (AvgIpc) is 3.00. The van der Waals surface area contributed by atoms with Crippen LogP contribution in [-0.2, 0) is 24.5 Å². The summed E-state index contributed by atoms with van der Waals surface area (Å²) in [4.78, 5) is 37.9.